The van der Waals surface area contributed by atoms with Crippen molar-refractivity contribution in [1.29, 1.82) is 0 Å². The molecule has 10 heteroatoms. The van der Waals surface area contributed by atoms with E-state index in [-0.39, 0.29) is 21.6 Å². The Morgan fingerprint density at radius 3 is 2.57 bits per heavy atom. The van der Waals surface area contributed by atoms with Crippen molar-refractivity contribution in [1.82, 2.24) is 0 Å². The first-order valence-electron chi connectivity index (χ1n) is 8.04. The fraction of sp³-hybridized carbons (Fsp3) is 0.111. The van der Waals surface area contributed by atoms with E-state index in [0.717, 1.165) is 11.8 Å². The van der Waals surface area contributed by atoms with Gasteiger partial charge in [-0.1, -0.05) is 18.2 Å². The number of nitrogens with two attached hydrogens (primary N) is 1. The molecule has 2 N–H and O–H groups in total. The zero-order valence-corrected chi connectivity index (χ0v) is 18.4. The number of rotatable bonds is 6. The molecule has 146 valence electrons. The number of benzene rings is 2. The van der Waals surface area contributed by atoms with Crippen LogP contribution in [0.25, 0.3) is 6.08 Å². The van der Waals surface area contributed by atoms with E-state index in [1.54, 1.807) is 43.3 Å². The van der Waals surface area contributed by atoms with Gasteiger partial charge in [0.05, 0.1) is 15.1 Å². The Balaban J connectivity index is 1.99. The van der Waals surface area contributed by atoms with Gasteiger partial charge in [-0.2, -0.15) is 13.4 Å². The quantitative estimate of drug-likeness (QED) is 0.347. The van der Waals surface area contributed by atoms with E-state index in [9.17, 15) is 13.2 Å². The van der Waals surface area contributed by atoms with Gasteiger partial charge >= 0.3 is 10.1 Å². The average molecular weight is 530 g/mol. The molecule has 3 rings (SSSR count). The van der Waals surface area contributed by atoms with E-state index < -0.39 is 16.0 Å². The van der Waals surface area contributed by atoms with E-state index in [1.165, 1.54) is 12.1 Å². The molecule has 0 unspecified atom stereocenters. The minimum atomic E-state index is -4.02. The molecular formula is C18H15IN2O5S2. The highest BCUT2D eigenvalue weighted by Crippen LogP contribution is 2.37. The van der Waals surface area contributed by atoms with Crippen LogP contribution in [0.5, 0.6) is 11.5 Å². The lowest BCUT2D eigenvalue weighted by Gasteiger charge is -2.14. The lowest BCUT2D eigenvalue weighted by atomic mass is 10.2. The standard InChI is InChI=1S/C18H15IN2O5S2/c1-2-25-14-9-11(10-15-17(22)21-18(20)27-15)8-13(19)16(14)26-28(23,24)12-6-4-3-5-7-12/h3-10H,2H2,1H3,(H2,20,21,22)/b15-10-. The number of thioether (sulfide) groups is 1. The Morgan fingerprint density at radius 1 is 1.25 bits per heavy atom. The van der Waals surface area contributed by atoms with Gasteiger partial charge in [0.1, 0.15) is 4.90 Å². The van der Waals surface area contributed by atoms with Crippen molar-refractivity contribution in [3.05, 3.63) is 56.5 Å². The molecule has 2 aromatic rings. The number of halogens is 1. The van der Waals surface area contributed by atoms with Crippen LogP contribution in [0.4, 0.5) is 0 Å². The van der Waals surface area contributed by atoms with Crippen molar-refractivity contribution in [3.63, 3.8) is 0 Å². The zero-order valence-electron chi connectivity index (χ0n) is 14.6. The van der Waals surface area contributed by atoms with Gasteiger partial charge in [-0.3, -0.25) is 4.79 Å². The lowest BCUT2D eigenvalue weighted by molar-refractivity contribution is -0.113. The van der Waals surface area contributed by atoms with Crippen molar-refractivity contribution < 1.29 is 22.1 Å². The molecule has 7 nitrogen and oxygen atoms in total. The van der Waals surface area contributed by atoms with Crippen LogP contribution in [0, 0.1) is 3.57 Å². The first-order valence-corrected chi connectivity index (χ1v) is 11.3. The maximum Gasteiger partial charge on any atom is 0.339 e. The van der Waals surface area contributed by atoms with E-state index in [0.29, 0.717) is 20.6 Å². The van der Waals surface area contributed by atoms with Crippen molar-refractivity contribution in [2.24, 2.45) is 10.7 Å². The molecule has 1 aliphatic heterocycles. The summed E-state index contributed by atoms with van der Waals surface area (Å²) in [6, 6.07) is 11.2. The van der Waals surface area contributed by atoms with Crippen LogP contribution in [0.3, 0.4) is 0 Å². The number of hydrogen-bond acceptors (Lipinski definition) is 7. The molecule has 1 heterocycles. The fourth-order valence-corrected chi connectivity index (χ4v) is 4.88. The average Bonchev–Trinajstić information content (AvgIpc) is 2.96. The van der Waals surface area contributed by atoms with Crippen LogP contribution in [0.15, 0.2) is 57.3 Å². The van der Waals surface area contributed by atoms with E-state index >= 15 is 0 Å². The van der Waals surface area contributed by atoms with Crippen LogP contribution in [0.2, 0.25) is 0 Å². The molecular weight excluding hydrogens is 515 g/mol. The number of carbonyl (C=O) groups is 1. The number of amidine groups is 1. The first-order chi connectivity index (χ1) is 13.3. The summed E-state index contributed by atoms with van der Waals surface area (Å²) in [5, 5.41) is 0.185. The second-order valence-corrected chi connectivity index (χ2v) is 9.25. The maximum atomic E-state index is 12.6. The third kappa shape index (κ3) is 4.67. The van der Waals surface area contributed by atoms with Gasteiger partial charge in [0.15, 0.2) is 16.7 Å². The van der Waals surface area contributed by atoms with Crippen LogP contribution in [-0.4, -0.2) is 26.1 Å². The lowest BCUT2D eigenvalue weighted by Crippen LogP contribution is -2.11. The summed E-state index contributed by atoms with van der Waals surface area (Å²) in [5.41, 5.74) is 6.20. The minimum absolute atomic E-state index is 0.0417. The van der Waals surface area contributed by atoms with Crippen molar-refractivity contribution in [3.8, 4) is 11.5 Å². The number of nitrogens with zero attached hydrogens (tertiary/aromatic N) is 1. The molecule has 0 bridgehead atoms. The van der Waals surface area contributed by atoms with Gasteiger partial charge in [0.2, 0.25) is 0 Å². The number of ether oxygens (including phenoxy) is 1. The Hall–Kier alpha value is -2.05. The van der Waals surface area contributed by atoms with Gasteiger partial charge in [-0.25, -0.2) is 0 Å². The predicted molar refractivity (Wildman–Crippen MR) is 117 cm³/mol. The summed E-state index contributed by atoms with van der Waals surface area (Å²) in [7, 11) is -4.02. The summed E-state index contributed by atoms with van der Waals surface area (Å²) in [4.78, 5) is 15.9. The topological polar surface area (TPSA) is 108 Å². The van der Waals surface area contributed by atoms with E-state index in [4.69, 9.17) is 14.7 Å². The van der Waals surface area contributed by atoms with Crippen LogP contribution in [0.1, 0.15) is 12.5 Å². The highest BCUT2D eigenvalue weighted by Gasteiger charge is 2.23. The van der Waals surface area contributed by atoms with Crippen LogP contribution < -0.4 is 14.7 Å². The Labute approximate surface area is 180 Å². The van der Waals surface area contributed by atoms with Crippen molar-refractivity contribution >= 4 is 61.6 Å². The second kappa shape index (κ2) is 8.53. The van der Waals surface area contributed by atoms with Crippen molar-refractivity contribution in [2.45, 2.75) is 11.8 Å². The molecule has 2 aromatic carbocycles. The molecule has 0 aliphatic carbocycles. The molecule has 1 aliphatic rings. The van der Waals surface area contributed by atoms with E-state index in [1.807, 2.05) is 22.6 Å². The van der Waals surface area contributed by atoms with Crippen molar-refractivity contribution in [2.75, 3.05) is 6.61 Å². The molecule has 28 heavy (non-hydrogen) atoms. The molecule has 0 saturated carbocycles. The first kappa shape index (κ1) is 20.7. The predicted octanol–water partition coefficient (Wildman–Crippen LogP) is 3.39. The summed E-state index contributed by atoms with van der Waals surface area (Å²) < 4.78 is 36.6. The number of carbonyl (C=O) groups excluding carboxylic acids is 1. The van der Waals surface area contributed by atoms with Gasteiger partial charge in [0, 0.05) is 0 Å². The number of amides is 1. The molecule has 0 spiro atoms. The molecule has 0 saturated heterocycles. The monoisotopic (exact) mass is 530 g/mol. The third-order valence-corrected chi connectivity index (χ3v) is 6.34. The summed E-state index contributed by atoms with van der Waals surface area (Å²) in [5.74, 6) is -0.0674. The molecule has 0 aromatic heterocycles. The van der Waals surface area contributed by atoms with Crippen LogP contribution >= 0.6 is 34.4 Å². The number of aliphatic imine (C=N–C) groups is 1. The summed E-state index contributed by atoms with van der Waals surface area (Å²) >= 11 is 3.04. The Bertz CT molecular complexity index is 1080. The summed E-state index contributed by atoms with van der Waals surface area (Å²) in [6.45, 7) is 2.08. The molecule has 0 atom stereocenters. The number of hydrogen-bond donors (Lipinski definition) is 1. The molecule has 1 amide bonds. The normalized spacial score (nSPS) is 15.6. The highest BCUT2D eigenvalue weighted by atomic mass is 127. The van der Waals surface area contributed by atoms with Gasteiger partial charge in [0.25, 0.3) is 5.91 Å². The van der Waals surface area contributed by atoms with Gasteiger partial charge < -0.3 is 14.7 Å². The Kier molecular flexibility index (Phi) is 6.30. The zero-order chi connectivity index (χ0) is 20.3. The third-order valence-electron chi connectivity index (χ3n) is 3.49. The SMILES string of the molecule is CCOc1cc(/C=C2\SC(N)=NC2=O)cc(I)c1OS(=O)(=O)c1ccccc1. The van der Waals surface area contributed by atoms with Gasteiger partial charge in [-0.05, 0) is 77.2 Å². The van der Waals surface area contributed by atoms with Crippen LogP contribution in [-0.2, 0) is 14.9 Å². The summed E-state index contributed by atoms with van der Waals surface area (Å²) in [6.07, 6.45) is 1.62. The highest BCUT2D eigenvalue weighted by molar-refractivity contribution is 14.1. The second-order valence-electron chi connectivity index (χ2n) is 5.48. The largest absolute Gasteiger partial charge is 0.490 e. The fourth-order valence-electron chi connectivity index (χ4n) is 2.34. The smallest absolute Gasteiger partial charge is 0.339 e. The molecule has 0 fully saturated rings. The Morgan fingerprint density at radius 2 is 1.96 bits per heavy atom. The molecule has 0 radical (unpaired) electrons. The van der Waals surface area contributed by atoms with Gasteiger partial charge in [-0.15, -0.1) is 0 Å². The maximum absolute atomic E-state index is 12.6. The minimum Gasteiger partial charge on any atom is -0.490 e. The van der Waals surface area contributed by atoms with E-state index in [2.05, 4.69) is 4.99 Å².